The van der Waals surface area contributed by atoms with E-state index in [0.717, 1.165) is 49.2 Å². The average molecular weight is 485 g/mol. The van der Waals surface area contributed by atoms with Crippen LogP contribution < -0.4 is 4.74 Å². The summed E-state index contributed by atoms with van der Waals surface area (Å²) < 4.78 is 11.8. The highest BCUT2D eigenvalue weighted by atomic mass is 16.5. The molecule has 0 N–H and O–H groups in total. The Kier molecular flexibility index (Phi) is 9.33. The fourth-order valence-electron chi connectivity index (χ4n) is 5.42. The van der Waals surface area contributed by atoms with Gasteiger partial charge in [0.2, 0.25) is 0 Å². The third kappa shape index (κ3) is 5.66. The van der Waals surface area contributed by atoms with Crippen LogP contribution in [0.4, 0.5) is 0 Å². The van der Waals surface area contributed by atoms with E-state index in [1.165, 1.54) is 50.1 Å². The van der Waals surface area contributed by atoms with E-state index in [0.29, 0.717) is 18.6 Å². The number of hydrogen-bond donors (Lipinski definition) is 0. The molecule has 3 rings (SSSR count). The van der Waals surface area contributed by atoms with Crippen LogP contribution in [0.2, 0.25) is 0 Å². The van der Waals surface area contributed by atoms with Crippen molar-refractivity contribution in [2.24, 2.45) is 5.92 Å². The maximum Gasteiger partial charge on any atom is 0.125 e. The smallest absolute Gasteiger partial charge is 0.125 e. The predicted octanol–water partition coefficient (Wildman–Crippen LogP) is 7.90. The highest BCUT2D eigenvalue weighted by molar-refractivity contribution is 5.64. The first kappa shape index (κ1) is 27.9. The Morgan fingerprint density at radius 3 is 1.39 bits per heavy atom. The summed E-state index contributed by atoms with van der Waals surface area (Å²) in [4.78, 5) is 0. The lowest BCUT2D eigenvalue weighted by Gasteiger charge is -2.25. The molecular weight excluding hydrogens is 440 g/mol. The molecule has 0 atom stereocenters. The molecule has 0 amide bonds. The van der Waals surface area contributed by atoms with Gasteiger partial charge in [-0.25, -0.2) is 0 Å². The second kappa shape index (κ2) is 12.0. The lowest BCUT2D eigenvalue weighted by Crippen LogP contribution is -2.20. The van der Waals surface area contributed by atoms with Crippen molar-refractivity contribution in [3.05, 3.63) is 61.2 Å². The Labute approximate surface area is 220 Å². The summed E-state index contributed by atoms with van der Waals surface area (Å²) in [6.45, 7) is 23.0. The first-order chi connectivity index (χ1) is 17.1. The summed E-state index contributed by atoms with van der Waals surface area (Å²) in [5.74, 6) is 15.8. The van der Waals surface area contributed by atoms with Crippen LogP contribution in [-0.2, 0) is 4.74 Å². The van der Waals surface area contributed by atoms with Gasteiger partial charge in [-0.15, -0.1) is 0 Å². The zero-order valence-electron chi connectivity index (χ0n) is 24.2. The number of benzene rings is 2. The van der Waals surface area contributed by atoms with Crippen LogP contribution in [0.15, 0.2) is 0 Å². The highest BCUT2D eigenvalue weighted by Gasteiger charge is 2.20. The standard InChI is InChI=1S/C34H44O2/c1-11-35-30-16-13-29(14-17-30)15-18-31-21(3)23(5)32(24(6)22(31)4)19-20-33-25(7)27(9)34(36-12-2)28(10)26(33)8/h29-30H,11-14,16-17H2,1-10H3. The molecule has 0 bridgehead atoms. The quantitative estimate of drug-likeness (QED) is 0.411. The second-order valence-corrected chi connectivity index (χ2v) is 10.3. The van der Waals surface area contributed by atoms with Crippen LogP contribution in [0.3, 0.4) is 0 Å². The van der Waals surface area contributed by atoms with Crippen LogP contribution in [0.1, 0.15) is 101 Å². The minimum atomic E-state index is 0.425. The molecule has 36 heavy (non-hydrogen) atoms. The van der Waals surface area contributed by atoms with Crippen molar-refractivity contribution in [1.29, 1.82) is 0 Å². The first-order valence-electron chi connectivity index (χ1n) is 13.6. The minimum Gasteiger partial charge on any atom is -0.493 e. The Balaban J connectivity index is 1.96. The van der Waals surface area contributed by atoms with E-state index in [2.05, 4.69) is 86.0 Å². The van der Waals surface area contributed by atoms with Gasteiger partial charge >= 0.3 is 0 Å². The maximum absolute atomic E-state index is 5.95. The molecule has 2 heteroatoms. The van der Waals surface area contributed by atoms with Crippen molar-refractivity contribution >= 4 is 0 Å². The van der Waals surface area contributed by atoms with Crippen molar-refractivity contribution in [3.8, 4) is 29.4 Å². The van der Waals surface area contributed by atoms with Crippen molar-refractivity contribution in [2.75, 3.05) is 13.2 Å². The van der Waals surface area contributed by atoms with Gasteiger partial charge in [-0.05, 0) is 139 Å². The molecule has 2 nitrogen and oxygen atoms in total. The van der Waals surface area contributed by atoms with Crippen LogP contribution in [0.5, 0.6) is 5.75 Å². The van der Waals surface area contributed by atoms with Crippen LogP contribution >= 0.6 is 0 Å². The molecule has 1 aliphatic carbocycles. The van der Waals surface area contributed by atoms with Gasteiger partial charge in [0.25, 0.3) is 0 Å². The molecule has 1 aliphatic rings. The monoisotopic (exact) mass is 484 g/mol. The van der Waals surface area contributed by atoms with Gasteiger partial charge in [0.15, 0.2) is 0 Å². The summed E-state index contributed by atoms with van der Waals surface area (Å²) >= 11 is 0. The molecule has 0 heterocycles. The average Bonchev–Trinajstić information content (AvgIpc) is 2.87. The molecule has 0 spiro atoms. The van der Waals surface area contributed by atoms with E-state index >= 15 is 0 Å². The van der Waals surface area contributed by atoms with E-state index in [-0.39, 0.29) is 0 Å². The van der Waals surface area contributed by atoms with Crippen molar-refractivity contribution in [1.82, 2.24) is 0 Å². The van der Waals surface area contributed by atoms with Gasteiger partial charge in [-0.3, -0.25) is 0 Å². The molecule has 1 saturated carbocycles. The van der Waals surface area contributed by atoms with Gasteiger partial charge in [-0.2, -0.15) is 0 Å². The molecule has 1 fully saturated rings. The summed E-state index contributed by atoms with van der Waals surface area (Å²) in [7, 11) is 0. The summed E-state index contributed by atoms with van der Waals surface area (Å²) in [5, 5.41) is 0. The van der Waals surface area contributed by atoms with Crippen molar-refractivity contribution < 1.29 is 9.47 Å². The molecule has 2 aromatic rings. The van der Waals surface area contributed by atoms with E-state index in [1.807, 2.05) is 6.92 Å². The molecular formula is C34H44O2. The Hall–Kier alpha value is -2.68. The lowest BCUT2D eigenvalue weighted by atomic mass is 9.86. The fourth-order valence-corrected chi connectivity index (χ4v) is 5.42. The van der Waals surface area contributed by atoms with E-state index in [1.54, 1.807) is 0 Å². The van der Waals surface area contributed by atoms with Gasteiger partial charge in [0, 0.05) is 29.2 Å². The van der Waals surface area contributed by atoms with Crippen molar-refractivity contribution in [2.45, 2.75) is 101 Å². The Morgan fingerprint density at radius 2 is 0.972 bits per heavy atom. The maximum atomic E-state index is 5.95. The second-order valence-electron chi connectivity index (χ2n) is 10.3. The number of rotatable bonds is 4. The first-order valence-corrected chi connectivity index (χ1v) is 13.6. The predicted molar refractivity (Wildman–Crippen MR) is 152 cm³/mol. The van der Waals surface area contributed by atoms with Gasteiger partial charge < -0.3 is 9.47 Å². The molecule has 0 aromatic heterocycles. The Bertz CT molecular complexity index is 1190. The lowest BCUT2D eigenvalue weighted by molar-refractivity contribution is 0.0310. The third-order valence-corrected chi connectivity index (χ3v) is 8.26. The van der Waals surface area contributed by atoms with Gasteiger partial charge in [-0.1, -0.05) is 23.7 Å². The zero-order chi connectivity index (χ0) is 26.6. The van der Waals surface area contributed by atoms with Gasteiger partial charge in [0.05, 0.1) is 12.7 Å². The van der Waals surface area contributed by atoms with Crippen molar-refractivity contribution in [3.63, 3.8) is 0 Å². The molecule has 0 radical (unpaired) electrons. The number of ether oxygens (including phenoxy) is 2. The van der Waals surface area contributed by atoms with E-state index in [9.17, 15) is 0 Å². The summed E-state index contributed by atoms with van der Waals surface area (Å²) in [5.41, 5.74) is 13.2. The van der Waals surface area contributed by atoms with Gasteiger partial charge in [0.1, 0.15) is 5.75 Å². The van der Waals surface area contributed by atoms with Crippen LogP contribution in [-0.4, -0.2) is 19.3 Å². The molecule has 0 saturated heterocycles. The normalized spacial score (nSPS) is 17.2. The minimum absolute atomic E-state index is 0.425. The van der Waals surface area contributed by atoms with Crippen LogP contribution in [0.25, 0.3) is 0 Å². The molecule has 0 unspecified atom stereocenters. The van der Waals surface area contributed by atoms with Crippen LogP contribution in [0, 0.1) is 85.0 Å². The SMILES string of the molecule is CCOc1c(C)c(C)c(C#Cc2c(C)c(C)c(C#CC3CCC(OCC)CC3)c(C)c2C)c(C)c1C. The van der Waals surface area contributed by atoms with E-state index in [4.69, 9.17) is 9.47 Å². The zero-order valence-corrected chi connectivity index (χ0v) is 24.2. The number of hydrogen-bond acceptors (Lipinski definition) is 2. The largest absolute Gasteiger partial charge is 0.493 e. The third-order valence-electron chi connectivity index (χ3n) is 8.26. The highest BCUT2D eigenvalue weighted by Crippen LogP contribution is 2.33. The topological polar surface area (TPSA) is 18.5 Å². The molecule has 0 aliphatic heterocycles. The fraction of sp³-hybridized carbons (Fsp3) is 0.529. The molecule has 192 valence electrons. The van der Waals surface area contributed by atoms with E-state index < -0.39 is 0 Å². The summed E-state index contributed by atoms with van der Waals surface area (Å²) in [6, 6.07) is 0. The Morgan fingerprint density at radius 1 is 0.556 bits per heavy atom. The summed E-state index contributed by atoms with van der Waals surface area (Å²) in [6.07, 6.45) is 4.95. The molecule has 2 aromatic carbocycles.